The number of benzene rings is 1. The monoisotopic (exact) mass is 293 g/mol. The Balaban J connectivity index is 2.69. The summed E-state index contributed by atoms with van der Waals surface area (Å²) in [5, 5.41) is 9.28. The van der Waals surface area contributed by atoms with Crippen LogP contribution in [-0.2, 0) is 6.67 Å². The molecule has 1 atom stereocenters. The number of carboxylic acid groups (broad SMARTS) is 1. The van der Waals surface area contributed by atoms with E-state index in [0.29, 0.717) is 0 Å². The lowest BCUT2D eigenvalue weighted by Crippen LogP contribution is -2.52. The van der Waals surface area contributed by atoms with Crippen LogP contribution in [0.25, 0.3) is 0 Å². The van der Waals surface area contributed by atoms with Crippen LogP contribution in [0.1, 0.15) is 68.4 Å². The number of carbonyl (C=O) groups is 1. The lowest BCUT2D eigenvalue weighted by molar-refractivity contribution is 0.0694. The van der Waals surface area contributed by atoms with E-state index in [-0.39, 0.29) is 28.6 Å². The predicted molar refractivity (Wildman–Crippen MR) is 82.9 cm³/mol. The minimum Gasteiger partial charge on any atom is -0.478 e. The number of aromatic carboxylic acids is 1. The van der Waals surface area contributed by atoms with Gasteiger partial charge in [0.05, 0.1) is 5.56 Å². The highest BCUT2D eigenvalue weighted by Crippen LogP contribution is 2.45. The Morgan fingerprint density at radius 1 is 1.48 bits per heavy atom. The zero-order valence-corrected chi connectivity index (χ0v) is 13.4. The van der Waals surface area contributed by atoms with Gasteiger partial charge in [-0.15, -0.1) is 0 Å². The van der Waals surface area contributed by atoms with E-state index >= 15 is 0 Å². The second kappa shape index (κ2) is 5.32. The summed E-state index contributed by atoms with van der Waals surface area (Å²) < 4.78 is 13.3. The highest BCUT2D eigenvalue weighted by atomic mass is 19.1. The molecule has 0 aliphatic carbocycles. The summed E-state index contributed by atoms with van der Waals surface area (Å²) in [6.45, 7) is 9.96. The van der Waals surface area contributed by atoms with Gasteiger partial charge in [0.1, 0.15) is 6.67 Å². The number of hydrogen-bond acceptors (Lipinski definition) is 2. The van der Waals surface area contributed by atoms with Crippen molar-refractivity contribution < 1.29 is 14.3 Å². The third kappa shape index (κ3) is 2.63. The van der Waals surface area contributed by atoms with Crippen molar-refractivity contribution in [2.45, 2.75) is 65.2 Å². The summed E-state index contributed by atoms with van der Waals surface area (Å²) in [5.74, 6) is -0.796. The van der Waals surface area contributed by atoms with Gasteiger partial charge in [0.25, 0.3) is 0 Å². The molecule has 116 valence electrons. The van der Waals surface area contributed by atoms with E-state index in [9.17, 15) is 14.3 Å². The molecule has 0 amide bonds. The summed E-state index contributed by atoms with van der Waals surface area (Å²) in [6, 6.07) is 3.67. The normalized spacial score (nSPS) is 20.5. The summed E-state index contributed by atoms with van der Waals surface area (Å²) in [4.78, 5) is 13.6. The van der Waals surface area contributed by atoms with E-state index in [1.165, 1.54) is 0 Å². The molecule has 4 heteroatoms. The SMILES string of the molecule is CC1CC(C)(C)N(C(C)C)c2cc(CF)c(C(=O)O)cc21. The third-order valence-electron chi connectivity index (χ3n) is 4.39. The lowest BCUT2D eigenvalue weighted by Gasteiger charge is -2.50. The summed E-state index contributed by atoms with van der Waals surface area (Å²) >= 11 is 0. The summed E-state index contributed by atoms with van der Waals surface area (Å²) in [7, 11) is 0. The zero-order chi connectivity index (χ0) is 15.9. The van der Waals surface area contributed by atoms with Crippen LogP contribution >= 0.6 is 0 Å². The molecule has 2 rings (SSSR count). The van der Waals surface area contributed by atoms with Crippen LogP contribution in [0.2, 0.25) is 0 Å². The molecule has 0 saturated carbocycles. The van der Waals surface area contributed by atoms with Crippen LogP contribution in [0.5, 0.6) is 0 Å². The number of carboxylic acids is 1. The molecule has 0 aromatic heterocycles. The van der Waals surface area contributed by atoms with Gasteiger partial charge < -0.3 is 10.0 Å². The third-order valence-corrected chi connectivity index (χ3v) is 4.39. The fourth-order valence-corrected chi connectivity index (χ4v) is 3.82. The molecule has 1 aromatic carbocycles. The maximum atomic E-state index is 13.3. The first-order valence-corrected chi connectivity index (χ1v) is 7.44. The summed E-state index contributed by atoms with van der Waals surface area (Å²) in [5.41, 5.74) is 2.31. The first kappa shape index (κ1) is 15.8. The van der Waals surface area contributed by atoms with Crippen molar-refractivity contribution in [3.63, 3.8) is 0 Å². The van der Waals surface area contributed by atoms with Crippen molar-refractivity contribution in [3.8, 4) is 0 Å². The Kier molecular flexibility index (Phi) is 4.00. The quantitative estimate of drug-likeness (QED) is 0.900. The van der Waals surface area contributed by atoms with Crippen LogP contribution in [0.4, 0.5) is 10.1 Å². The number of nitrogens with zero attached hydrogens (tertiary/aromatic N) is 1. The van der Waals surface area contributed by atoms with Crippen molar-refractivity contribution in [3.05, 3.63) is 28.8 Å². The van der Waals surface area contributed by atoms with Crippen LogP contribution in [0.3, 0.4) is 0 Å². The molecule has 0 saturated heterocycles. The van der Waals surface area contributed by atoms with Crippen LogP contribution < -0.4 is 4.90 Å². The maximum Gasteiger partial charge on any atom is 0.336 e. The largest absolute Gasteiger partial charge is 0.478 e. The summed E-state index contributed by atoms with van der Waals surface area (Å²) in [6.07, 6.45) is 0.951. The van der Waals surface area contributed by atoms with Gasteiger partial charge in [-0.3, -0.25) is 0 Å². The van der Waals surface area contributed by atoms with E-state index in [0.717, 1.165) is 17.7 Å². The number of fused-ring (bicyclic) bond motifs is 1. The standard InChI is InChI=1S/C17H24FNO2/c1-10(2)19-15-6-12(9-18)14(16(20)21)7-13(15)11(3)8-17(19,4)5/h6-7,10-11H,8-9H2,1-5H3,(H,20,21). The minimum atomic E-state index is -1.06. The van der Waals surface area contributed by atoms with Crippen molar-refractivity contribution >= 4 is 11.7 Å². The van der Waals surface area contributed by atoms with Crippen molar-refractivity contribution in [1.82, 2.24) is 0 Å². The molecule has 1 aliphatic heterocycles. The minimum absolute atomic E-state index is 0.0289. The maximum absolute atomic E-state index is 13.3. The molecule has 0 fully saturated rings. The van der Waals surface area contributed by atoms with Gasteiger partial charge in [0.15, 0.2) is 0 Å². The highest BCUT2D eigenvalue weighted by Gasteiger charge is 2.38. The van der Waals surface area contributed by atoms with Gasteiger partial charge in [-0.2, -0.15) is 0 Å². The average Bonchev–Trinajstić information content (AvgIpc) is 2.35. The molecule has 1 aromatic rings. The number of anilines is 1. The van der Waals surface area contributed by atoms with Gasteiger partial charge in [-0.05, 0) is 63.3 Å². The van der Waals surface area contributed by atoms with E-state index in [2.05, 4.69) is 39.5 Å². The Bertz CT molecular complexity index is 566. The van der Waals surface area contributed by atoms with Crippen LogP contribution in [0.15, 0.2) is 12.1 Å². The van der Waals surface area contributed by atoms with E-state index in [1.807, 2.05) is 0 Å². The van der Waals surface area contributed by atoms with Gasteiger partial charge in [0, 0.05) is 17.3 Å². The number of hydrogen-bond donors (Lipinski definition) is 1. The van der Waals surface area contributed by atoms with E-state index in [1.54, 1.807) is 12.1 Å². The van der Waals surface area contributed by atoms with Crippen LogP contribution in [-0.4, -0.2) is 22.7 Å². The first-order chi connectivity index (χ1) is 9.69. The van der Waals surface area contributed by atoms with E-state index in [4.69, 9.17) is 0 Å². The number of alkyl halides is 1. The molecule has 21 heavy (non-hydrogen) atoms. The molecule has 0 radical (unpaired) electrons. The van der Waals surface area contributed by atoms with Crippen molar-refractivity contribution in [2.24, 2.45) is 0 Å². The fourth-order valence-electron chi connectivity index (χ4n) is 3.82. The Morgan fingerprint density at radius 3 is 2.57 bits per heavy atom. The Labute approximate surface area is 125 Å². The molecule has 1 unspecified atom stereocenters. The van der Waals surface area contributed by atoms with Crippen LogP contribution in [0, 0.1) is 0 Å². The second-order valence-corrected chi connectivity index (χ2v) is 6.89. The molecular weight excluding hydrogens is 269 g/mol. The highest BCUT2D eigenvalue weighted by molar-refractivity contribution is 5.91. The van der Waals surface area contributed by atoms with Crippen molar-refractivity contribution in [2.75, 3.05) is 4.90 Å². The molecular formula is C17H24FNO2. The average molecular weight is 293 g/mol. The van der Waals surface area contributed by atoms with Gasteiger partial charge >= 0.3 is 5.97 Å². The molecule has 1 heterocycles. The first-order valence-electron chi connectivity index (χ1n) is 7.44. The second-order valence-electron chi connectivity index (χ2n) is 6.89. The molecule has 3 nitrogen and oxygen atoms in total. The Morgan fingerprint density at radius 2 is 2.10 bits per heavy atom. The zero-order valence-electron chi connectivity index (χ0n) is 13.4. The van der Waals surface area contributed by atoms with Gasteiger partial charge in [-0.1, -0.05) is 6.92 Å². The van der Waals surface area contributed by atoms with Gasteiger partial charge in [0.2, 0.25) is 0 Å². The molecule has 1 N–H and O–H groups in total. The predicted octanol–water partition coefficient (Wildman–Crippen LogP) is 4.35. The molecule has 1 aliphatic rings. The molecule has 0 bridgehead atoms. The Hall–Kier alpha value is -1.58. The number of rotatable bonds is 3. The lowest BCUT2D eigenvalue weighted by atomic mass is 9.78. The topological polar surface area (TPSA) is 40.5 Å². The fraction of sp³-hybridized carbons (Fsp3) is 0.588. The number of halogens is 1. The van der Waals surface area contributed by atoms with Gasteiger partial charge in [-0.25, -0.2) is 9.18 Å². The van der Waals surface area contributed by atoms with Crippen molar-refractivity contribution in [1.29, 1.82) is 0 Å². The smallest absolute Gasteiger partial charge is 0.336 e. The van der Waals surface area contributed by atoms with E-state index < -0.39 is 12.6 Å². The molecule has 0 spiro atoms.